The van der Waals surface area contributed by atoms with Crippen LogP contribution >= 0.6 is 0 Å². The van der Waals surface area contributed by atoms with Crippen molar-refractivity contribution >= 4 is 5.91 Å². The molecule has 1 atom stereocenters. The van der Waals surface area contributed by atoms with Crippen LogP contribution in [0.4, 0.5) is 0 Å². The van der Waals surface area contributed by atoms with Crippen molar-refractivity contribution in [2.24, 2.45) is 0 Å². The highest BCUT2D eigenvalue weighted by Crippen LogP contribution is 2.28. The third kappa shape index (κ3) is 5.22. The van der Waals surface area contributed by atoms with Crippen molar-refractivity contribution in [3.05, 3.63) is 71.9 Å². The molecule has 7 heteroatoms. The Morgan fingerprint density at radius 3 is 2.66 bits per heavy atom. The summed E-state index contributed by atoms with van der Waals surface area (Å²) in [5, 5.41) is 0. The fourth-order valence-corrected chi connectivity index (χ4v) is 3.94. The second kappa shape index (κ2) is 10.2. The van der Waals surface area contributed by atoms with Gasteiger partial charge in [0.2, 0.25) is 0 Å². The van der Waals surface area contributed by atoms with Gasteiger partial charge in [-0.15, -0.1) is 0 Å². The SMILES string of the molecule is COc1ccc(OCC(=O)N2CCCC(c3ncc(Cc4ccccc4OC)o3)C2)cc1. The number of carbonyl (C=O) groups is 1. The third-order valence-corrected chi connectivity index (χ3v) is 5.67. The zero-order chi connectivity index (χ0) is 22.3. The Morgan fingerprint density at radius 1 is 1.09 bits per heavy atom. The zero-order valence-corrected chi connectivity index (χ0v) is 18.5. The summed E-state index contributed by atoms with van der Waals surface area (Å²) in [6.45, 7) is 1.30. The molecule has 2 aromatic carbocycles. The topological polar surface area (TPSA) is 74.0 Å². The molecule has 1 aliphatic rings. The maximum Gasteiger partial charge on any atom is 0.260 e. The van der Waals surface area contributed by atoms with Gasteiger partial charge in [-0.25, -0.2) is 4.98 Å². The molecule has 0 aliphatic carbocycles. The monoisotopic (exact) mass is 436 g/mol. The Kier molecular flexibility index (Phi) is 6.94. The molecule has 0 spiro atoms. The van der Waals surface area contributed by atoms with Gasteiger partial charge in [0.1, 0.15) is 23.0 Å². The predicted molar refractivity (Wildman–Crippen MR) is 119 cm³/mol. The number of methoxy groups -OCH3 is 2. The minimum Gasteiger partial charge on any atom is -0.497 e. The lowest BCUT2D eigenvalue weighted by Crippen LogP contribution is -2.41. The maximum absolute atomic E-state index is 12.7. The lowest BCUT2D eigenvalue weighted by atomic mass is 9.98. The van der Waals surface area contributed by atoms with E-state index in [2.05, 4.69) is 4.98 Å². The van der Waals surface area contributed by atoms with Gasteiger partial charge < -0.3 is 23.5 Å². The van der Waals surface area contributed by atoms with Crippen LogP contribution in [-0.4, -0.2) is 49.7 Å². The molecule has 1 aliphatic heterocycles. The van der Waals surface area contributed by atoms with Crippen molar-refractivity contribution in [2.45, 2.75) is 25.2 Å². The van der Waals surface area contributed by atoms with E-state index in [1.807, 2.05) is 41.3 Å². The Labute approximate surface area is 187 Å². The second-order valence-corrected chi connectivity index (χ2v) is 7.80. The van der Waals surface area contributed by atoms with E-state index < -0.39 is 0 Å². The lowest BCUT2D eigenvalue weighted by Gasteiger charge is -2.31. The fraction of sp³-hybridized carbons (Fsp3) is 0.360. The molecule has 32 heavy (non-hydrogen) atoms. The largest absolute Gasteiger partial charge is 0.497 e. The van der Waals surface area contributed by atoms with Crippen molar-refractivity contribution in [3.63, 3.8) is 0 Å². The Balaban J connectivity index is 1.33. The van der Waals surface area contributed by atoms with Crippen LogP contribution in [-0.2, 0) is 11.2 Å². The van der Waals surface area contributed by atoms with Crippen molar-refractivity contribution in [2.75, 3.05) is 33.9 Å². The van der Waals surface area contributed by atoms with Crippen LogP contribution in [0.15, 0.2) is 59.1 Å². The molecule has 1 unspecified atom stereocenters. The Morgan fingerprint density at radius 2 is 1.88 bits per heavy atom. The molecule has 0 bridgehead atoms. The maximum atomic E-state index is 12.7. The molecular weight excluding hydrogens is 408 g/mol. The van der Waals surface area contributed by atoms with E-state index >= 15 is 0 Å². The molecule has 0 N–H and O–H groups in total. The van der Waals surface area contributed by atoms with Crippen LogP contribution in [0.1, 0.15) is 36.0 Å². The number of piperidine rings is 1. The number of aromatic nitrogens is 1. The van der Waals surface area contributed by atoms with Gasteiger partial charge in [-0.1, -0.05) is 18.2 Å². The first kappa shape index (κ1) is 21.7. The molecule has 2 heterocycles. The van der Waals surface area contributed by atoms with E-state index in [-0.39, 0.29) is 18.4 Å². The van der Waals surface area contributed by atoms with Crippen LogP contribution in [0.3, 0.4) is 0 Å². The van der Waals surface area contributed by atoms with Crippen molar-refractivity contribution < 1.29 is 23.4 Å². The number of amides is 1. The second-order valence-electron chi connectivity index (χ2n) is 7.80. The van der Waals surface area contributed by atoms with Crippen molar-refractivity contribution in [3.8, 4) is 17.2 Å². The van der Waals surface area contributed by atoms with Crippen LogP contribution in [0.2, 0.25) is 0 Å². The van der Waals surface area contributed by atoms with Gasteiger partial charge >= 0.3 is 0 Å². The van der Waals surface area contributed by atoms with Crippen LogP contribution < -0.4 is 14.2 Å². The first-order valence-corrected chi connectivity index (χ1v) is 10.8. The summed E-state index contributed by atoms with van der Waals surface area (Å²) in [5.41, 5.74) is 1.05. The molecule has 1 saturated heterocycles. The number of carbonyl (C=O) groups excluding carboxylic acids is 1. The number of hydrogen-bond donors (Lipinski definition) is 0. The number of likely N-dealkylation sites (tertiary alicyclic amines) is 1. The first-order valence-electron chi connectivity index (χ1n) is 10.8. The van der Waals surface area contributed by atoms with E-state index in [1.165, 1.54) is 0 Å². The van der Waals surface area contributed by atoms with Gasteiger partial charge in [-0.05, 0) is 43.2 Å². The highest BCUT2D eigenvalue weighted by Gasteiger charge is 2.28. The number of para-hydroxylation sites is 1. The summed E-state index contributed by atoms with van der Waals surface area (Å²) < 4.78 is 22.3. The summed E-state index contributed by atoms with van der Waals surface area (Å²) in [5.74, 6) is 3.74. The molecule has 1 aromatic heterocycles. The molecule has 4 rings (SSSR count). The van der Waals surface area contributed by atoms with Crippen LogP contribution in [0.25, 0.3) is 0 Å². The summed E-state index contributed by atoms with van der Waals surface area (Å²) >= 11 is 0. The minimum absolute atomic E-state index is 0.00365. The summed E-state index contributed by atoms with van der Waals surface area (Å²) in [6, 6.07) is 15.1. The van der Waals surface area contributed by atoms with E-state index in [0.717, 1.165) is 42.2 Å². The molecule has 1 amide bonds. The normalized spacial score (nSPS) is 15.9. The summed E-state index contributed by atoms with van der Waals surface area (Å²) in [7, 11) is 3.28. The van der Waals surface area contributed by atoms with E-state index in [0.29, 0.717) is 24.6 Å². The van der Waals surface area contributed by atoms with Crippen molar-refractivity contribution in [1.29, 1.82) is 0 Å². The fourth-order valence-electron chi connectivity index (χ4n) is 3.94. The van der Waals surface area contributed by atoms with E-state index in [1.54, 1.807) is 32.5 Å². The smallest absolute Gasteiger partial charge is 0.260 e. The lowest BCUT2D eigenvalue weighted by molar-refractivity contribution is -0.134. The van der Waals surface area contributed by atoms with Gasteiger partial charge in [0, 0.05) is 25.1 Å². The van der Waals surface area contributed by atoms with Crippen LogP contribution in [0.5, 0.6) is 17.2 Å². The quantitative estimate of drug-likeness (QED) is 0.530. The van der Waals surface area contributed by atoms with Crippen molar-refractivity contribution in [1.82, 2.24) is 9.88 Å². The number of ether oxygens (including phenoxy) is 3. The number of rotatable bonds is 8. The standard InChI is InChI=1S/C25H28N2O5/c1-29-20-9-11-21(12-10-20)31-17-24(28)27-13-5-7-19(16-27)25-26-15-22(32-25)14-18-6-3-4-8-23(18)30-2/h3-4,6,8-12,15,19H,5,7,13-14,16-17H2,1-2H3. The highest BCUT2D eigenvalue weighted by atomic mass is 16.5. The molecule has 0 radical (unpaired) electrons. The van der Waals surface area contributed by atoms with Gasteiger partial charge in [0.15, 0.2) is 12.5 Å². The van der Waals surface area contributed by atoms with Gasteiger partial charge in [0.05, 0.1) is 26.3 Å². The number of benzene rings is 2. The first-order chi connectivity index (χ1) is 15.7. The van der Waals surface area contributed by atoms with E-state index in [4.69, 9.17) is 18.6 Å². The average molecular weight is 437 g/mol. The third-order valence-electron chi connectivity index (χ3n) is 5.67. The molecular formula is C25H28N2O5. The predicted octanol–water partition coefficient (Wildman–Crippen LogP) is 4.07. The molecule has 7 nitrogen and oxygen atoms in total. The number of oxazole rings is 1. The Hall–Kier alpha value is -3.48. The van der Waals surface area contributed by atoms with E-state index in [9.17, 15) is 4.79 Å². The van der Waals surface area contributed by atoms with Gasteiger partial charge in [-0.2, -0.15) is 0 Å². The van der Waals surface area contributed by atoms with Gasteiger partial charge in [-0.3, -0.25) is 4.79 Å². The minimum atomic E-state index is -0.0358. The molecule has 3 aromatic rings. The van der Waals surface area contributed by atoms with Gasteiger partial charge in [0.25, 0.3) is 5.91 Å². The average Bonchev–Trinajstić information content (AvgIpc) is 3.32. The molecule has 1 fully saturated rings. The molecule has 168 valence electrons. The molecule has 0 saturated carbocycles. The van der Waals surface area contributed by atoms with Crippen LogP contribution in [0, 0.1) is 0 Å². The zero-order valence-electron chi connectivity index (χ0n) is 18.5. The Bertz CT molecular complexity index is 1030. The summed E-state index contributed by atoms with van der Waals surface area (Å²) in [6.07, 6.45) is 4.23. The summed E-state index contributed by atoms with van der Waals surface area (Å²) in [4.78, 5) is 19.0. The highest BCUT2D eigenvalue weighted by molar-refractivity contribution is 5.78. The number of nitrogens with zero attached hydrogens (tertiary/aromatic N) is 2. The number of hydrogen-bond acceptors (Lipinski definition) is 6.